The van der Waals surface area contributed by atoms with Crippen molar-refractivity contribution in [1.82, 2.24) is 0 Å². The van der Waals surface area contributed by atoms with Gasteiger partial charge in [-0.05, 0) is 16.8 Å². The van der Waals surface area contributed by atoms with Crippen LogP contribution >= 0.6 is 0 Å². The molecule has 24 heavy (non-hydrogen) atoms. The number of carbonyl (C=O) groups is 1. The highest BCUT2D eigenvalue weighted by Crippen LogP contribution is 2.43. The molecule has 0 bridgehead atoms. The molecular weight excluding hydrogens is 300 g/mol. The smallest absolute Gasteiger partial charge is 0.308 e. The van der Waals surface area contributed by atoms with Gasteiger partial charge >= 0.3 is 5.97 Å². The number of hydrogen-bond acceptors (Lipinski definition) is 3. The average Bonchev–Trinajstić information content (AvgIpc) is 2.89. The Morgan fingerprint density at radius 2 is 1.50 bits per heavy atom. The Morgan fingerprint density at radius 1 is 0.750 bits per heavy atom. The Morgan fingerprint density at radius 3 is 2.29 bits per heavy atom. The van der Waals surface area contributed by atoms with Crippen molar-refractivity contribution in [1.29, 1.82) is 0 Å². The Hall–Kier alpha value is -3.20. The summed E-state index contributed by atoms with van der Waals surface area (Å²) in [6.07, 6.45) is 0. The lowest BCUT2D eigenvalue weighted by Gasteiger charge is -2.12. The summed E-state index contributed by atoms with van der Waals surface area (Å²) < 4.78 is 5.55. The fourth-order valence-electron chi connectivity index (χ4n) is 3.82. The predicted molar refractivity (Wildman–Crippen MR) is 96.4 cm³/mol. The van der Waals surface area contributed by atoms with Gasteiger partial charge in [0, 0.05) is 39.2 Å². The molecule has 0 fully saturated rings. The second kappa shape index (κ2) is 4.42. The lowest BCUT2D eigenvalue weighted by atomic mass is 9.97. The molecule has 0 aromatic heterocycles. The minimum atomic E-state index is -0.367. The standard InChI is InChI=1S/C21H12O3/c1-11(22)24-21-14-7-3-2-6-13(14)19-18-16(21)10-9-12-5-4-8-15(17(12)18)20(19)23/h2-10H,1H3. The third-order valence-corrected chi connectivity index (χ3v) is 4.70. The zero-order chi connectivity index (χ0) is 16.4. The first kappa shape index (κ1) is 13.3. The number of ether oxygens (including phenoxy) is 1. The van der Waals surface area contributed by atoms with Crippen molar-refractivity contribution in [3.05, 3.63) is 64.8 Å². The van der Waals surface area contributed by atoms with E-state index in [-0.39, 0.29) is 11.4 Å². The summed E-state index contributed by atoms with van der Waals surface area (Å²) in [6, 6.07) is 17.3. The van der Waals surface area contributed by atoms with Gasteiger partial charge in [0.05, 0.1) is 0 Å². The molecule has 0 unspecified atom stereocenters. The summed E-state index contributed by atoms with van der Waals surface area (Å²) in [6.45, 7) is 1.39. The summed E-state index contributed by atoms with van der Waals surface area (Å²) in [7, 11) is 0. The topological polar surface area (TPSA) is 43.4 Å². The molecule has 0 aliphatic heterocycles. The normalized spacial score (nSPS) is 11.9. The molecule has 0 saturated heterocycles. The van der Waals surface area contributed by atoms with Crippen molar-refractivity contribution in [2.24, 2.45) is 0 Å². The van der Waals surface area contributed by atoms with Crippen molar-refractivity contribution in [2.75, 3.05) is 0 Å². The van der Waals surface area contributed by atoms with E-state index in [1.807, 2.05) is 54.6 Å². The van der Waals surface area contributed by atoms with Gasteiger partial charge < -0.3 is 4.74 Å². The van der Waals surface area contributed by atoms with Crippen LogP contribution < -0.4 is 10.2 Å². The maximum atomic E-state index is 13.0. The van der Waals surface area contributed by atoms with Crippen molar-refractivity contribution in [3.63, 3.8) is 0 Å². The van der Waals surface area contributed by atoms with Crippen molar-refractivity contribution in [3.8, 4) is 5.75 Å². The lowest BCUT2D eigenvalue weighted by Crippen LogP contribution is -2.03. The molecule has 0 N–H and O–H groups in total. The first-order chi connectivity index (χ1) is 11.7. The fraction of sp³-hybridized carbons (Fsp3) is 0.0476. The van der Waals surface area contributed by atoms with E-state index in [1.165, 1.54) is 6.92 Å². The number of hydrogen-bond donors (Lipinski definition) is 0. The fourth-order valence-corrected chi connectivity index (χ4v) is 3.82. The largest absolute Gasteiger partial charge is 0.425 e. The Labute approximate surface area is 136 Å². The lowest BCUT2D eigenvalue weighted by molar-refractivity contribution is -0.131. The van der Waals surface area contributed by atoms with Gasteiger partial charge in [0.2, 0.25) is 0 Å². The highest BCUT2D eigenvalue weighted by molar-refractivity contribution is 6.33. The zero-order valence-electron chi connectivity index (χ0n) is 12.9. The van der Waals surface area contributed by atoms with E-state index in [9.17, 15) is 9.59 Å². The second-order valence-electron chi connectivity index (χ2n) is 6.06. The molecule has 5 aromatic rings. The molecular formula is C21H12O3. The van der Waals surface area contributed by atoms with E-state index in [2.05, 4.69) is 0 Å². The summed E-state index contributed by atoms with van der Waals surface area (Å²) in [5.41, 5.74) is 0.0392. The van der Waals surface area contributed by atoms with Crippen LogP contribution in [0.4, 0.5) is 0 Å². The Balaban J connectivity index is 2.20. The molecule has 0 atom stereocenters. The van der Waals surface area contributed by atoms with Gasteiger partial charge in [0.1, 0.15) is 5.75 Å². The molecule has 0 saturated carbocycles. The van der Waals surface area contributed by atoms with E-state index >= 15 is 0 Å². The van der Waals surface area contributed by atoms with Gasteiger partial charge in [-0.15, -0.1) is 0 Å². The van der Waals surface area contributed by atoms with Gasteiger partial charge in [-0.25, -0.2) is 0 Å². The van der Waals surface area contributed by atoms with Gasteiger partial charge in [-0.2, -0.15) is 0 Å². The van der Waals surface area contributed by atoms with Crippen LogP contribution in [0.15, 0.2) is 59.4 Å². The predicted octanol–water partition coefficient (Wildman–Crippen LogP) is 4.46. The molecule has 5 aromatic carbocycles. The molecule has 0 heterocycles. The molecule has 114 valence electrons. The molecule has 0 amide bonds. The van der Waals surface area contributed by atoms with E-state index in [1.54, 1.807) is 0 Å². The van der Waals surface area contributed by atoms with E-state index in [0.29, 0.717) is 11.1 Å². The summed E-state index contributed by atoms with van der Waals surface area (Å²) in [5, 5.41) is 6.73. The third-order valence-electron chi connectivity index (χ3n) is 4.70. The van der Waals surface area contributed by atoms with Crippen molar-refractivity contribution >= 4 is 49.1 Å². The molecule has 3 heteroatoms. The van der Waals surface area contributed by atoms with E-state index in [4.69, 9.17) is 4.74 Å². The minimum Gasteiger partial charge on any atom is -0.425 e. The summed E-state index contributed by atoms with van der Waals surface area (Å²) in [4.78, 5) is 24.7. The average molecular weight is 312 g/mol. The van der Waals surface area contributed by atoms with Gasteiger partial charge in [-0.1, -0.05) is 48.5 Å². The van der Waals surface area contributed by atoms with E-state index < -0.39 is 0 Å². The van der Waals surface area contributed by atoms with Crippen molar-refractivity contribution < 1.29 is 9.53 Å². The minimum absolute atomic E-state index is 0.0392. The molecule has 0 aliphatic rings. The maximum absolute atomic E-state index is 13.0. The zero-order valence-corrected chi connectivity index (χ0v) is 12.9. The second-order valence-corrected chi connectivity index (χ2v) is 6.06. The summed E-state index contributed by atoms with van der Waals surface area (Å²) >= 11 is 0. The van der Waals surface area contributed by atoms with Gasteiger partial charge in [-0.3, -0.25) is 9.59 Å². The number of esters is 1. The number of carbonyl (C=O) groups excluding carboxylic acids is 1. The van der Waals surface area contributed by atoms with Crippen LogP contribution in [0, 0.1) is 0 Å². The van der Waals surface area contributed by atoms with Gasteiger partial charge in [0.25, 0.3) is 0 Å². The summed E-state index contributed by atoms with van der Waals surface area (Å²) in [5.74, 6) is 0.163. The Kier molecular flexibility index (Phi) is 2.44. The number of benzene rings is 4. The van der Waals surface area contributed by atoms with Crippen LogP contribution in [0.2, 0.25) is 0 Å². The maximum Gasteiger partial charge on any atom is 0.308 e. The van der Waals surface area contributed by atoms with Crippen LogP contribution in [-0.4, -0.2) is 5.97 Å². The van der Waals surface area contributed by atoms with Crippen LogP contribution in [0.5, 0.6) is 5.75 Å². The molecule has 0 spiro atoms. The molecule has 5 rings (SSSR count). The molecule has 0 aliphatic carbocycles. The van der Waals surface area contributed by atoms with Crippen LogP contribution in [0.1, 0.15) is 6.92 Å². The monoisotopic (exact) mass is 312 g/mol. The van der Waals surface area contributed by atoms with Crippen LogP contribution in [0.3, 0.4) is 0 Å². The van der Waals surface area contributed by atoms with Gasteiger partial charge in [0.15, 0.2) is 5.43 Å². The Bertz CT molecular complexity index is 1320. The first-order valence-corrected chi connectivity index (χ1v) is 7.80. The quantitative estimate of drug-likeness (QED) is 0.199. The molecule has 3 nitrogen and oxygen atoms in total. The third kappa shape index (κ3) is 1.51. The first-order valence-electron chi connectivity index (χ1n) is 7.80. The van der Waals surface area contributed by atoms with Crippen molar-refractivity contribution in [2.45, 2.75) is 6.92 Å². The van der Waals surface area contributed by atoms with Crippen LogP contribution in [0.25, 0.3) is 43.1 Å². The SMILES string of the molecule is CC(=O)Oc1c2ccccc2c2c(=O)c3cccc4ccc1c2c43. The number of rotatable bonds is 1. The highest BCUT2D eigenvalue weighted by Gasteiger charge is 2.21. The number of fused-ring (bicyclic) bond motifs is 2. The highest BCUT2D eigenvalue weighted by atomic mass is 16.5. The van der Waals surface area contributed by atoms with Crippen LogP contribution in [-0.2, 0) is 4.79 Å². The molecule has 0 radical (unpaired) electrons. The van der Waals surface area contributed by atoms with E-state index in [0.717, 1.165) is 37.7 Å².